The van der Waals surface area contributed by atoms with Crippen LogP contribution >= 0.6 is 0 Å². The lowest BCUT2D eigenvalue weighted by molar-refractivity contribution is 0.247. The summed E-state index contributed by atoms with van der Waals surface area (Å²) < 4.78 is 0. The van der Waals surface area contributed by atoms with Gasteiger partial charge in [0.05, 0.1) is 17.1 Å². The summed E-state index contributed by atoms with van der Waals surface area (Å²) in [6, 6.07) is 0. The third-order valence-corrected chi connectivity index (χ3v) is 13.9. The van der Waals surface area contributed by atoms with Crippen LogP contribution in [-0.4, -0.2) is 32.8 Å². The number of hydrogen-bond donors (Lipinski definition) is 3. The van der Waals surface area contributed by atoms with Crippen LogP contribution in [0.25, 0.3) is 0 Å². The molecule has 3 N–H and O–H groups in total. The minimum atomic E-state index is -0.382. The van der Waals surface area contributed by atoms with Gasteiger partial charge >= 0.3 is 0 Å². The summed E-state index contributed by atoms with van der Waals surface area (Å²) in [7, 11) is 0. The van der Waals surface area contributed by atoms with Gasteiger partial charge in [0.1, 0.15) is 0 Å². The minimum Gasteiger partial charge on any atom is -0.411 e. The van der Waals surface area contributed by atoms with E-state index < -0.39 is 0 Å². The zero-order valence-electron chi connectivity index (χ0n) is 23.0. The number of hydrogen-bond acceptors (Lipinski definition) is 6. The number of benzene rings is 1. The lowest BCUT2D eigenvalue weighted by Gasteiger charge is -2.41. The molecule has 0 saturated heterocycles. The van der Waals surface area contributed by atoms with E-state index in [1.54, 1.807) is 0 Å². The van der Waals surface area contributed by atoms with Gasteiger partial charge in [0.25, 0.3) is 0 Å². The van der Waals surface area contributed by atoms with Crippen molar-refractivity contribution in [2.75, 3.05) is 0 Å². The van der Waals surface area contributed by atoms with Crippen molar-refractivity contribution < 1.29 is 15.6 Å². The van der Waals surface area contributed by atoms with Gasteiger partial charge < -0.3 is 15.6 Å². The maximum atomic E-state index is 10.2. The summed E-state index contributed by atoms with van der Waals surface area (Å²) in [5.74, 6) is 0.737. The normalized spacial score (nSPS) is 46.2. The third-order valence-electron chi connectivity index (χ3n) is 13.9. The Balaban J connectivity index is 1.74. The average molecular weight is 490 g/mol. The van der Waals surface area contributed by atoms with Crippen LogP contribution in [0.5, 0.6) is 0 Å². The highest BCUT2D eigenvalue weighted by Crippen LogP contribution is 2.80. The van der Waals surface area contributed by atoms with Crippen molar-refractivity contribution in [3.05, 3.63) is 33.4 Å². The van der Waals surface area contributed by atoms with Crippen LogP contribution in [-0.2, 0) is 16.2 Å². The molecule has 36 heavy (non-hydrogen) atoms. The fraction of sp³-hybridized carbons (Fsp3) is 0.700. The van der Waals surface area contributed by atoms with E-state index in [0.717, 1.165) is 36.4 Å². The number of nitrogens with zero attached hydrogens (tertiary/aromatic N) is 3. The molecule has 7 rings (SSSR count). The van der Waals surface area contributed by atoms with Gasteiger partial charge in [-0.2, -0.15) is 0 Å². The molecule has 1 aromatic rings. The maximum absolute atomic E-state index is 10.2. The Morgan fingerprint density at radius 3 is 0.889 bits per heavy atom. The Labute approximate surface area is 213 Å². The molecular formula is C30H39N3O3. The first kappa shape index (κ1) is 22.8. The van der Waals surface area contributed by atoms with Crippen LogP contribution in [0.2, 0.25) is 0 Å². The number of fused-ring (bicyclic) bond motifs is 18. The first-order chi connectivity index (χ1) is 16.6. The molecule has 6 aliphatic carbocycles. The Morgan fingerprint density at radius 1 is 0.472 bits per heavy atom. The van der Waals surface area contributed by atoms with Crippen molar-refractivity contribution in [3.8, 4) is 0 Å². The average Bonchev–Trinajstić information content (AvgIpc) is 3.41. The zero-order chi connectivity index (χ0) is 26.2. The predicted octanol–water partition coefficient (Wildman–Crippen LogP) is 6.53. The summed E-state index contributed by atoms with van der Waals surface area (Å²) in [6.07, 6.45) is 2.29. The summed E-state index contributed by atoms with van der Waals surface area (Å²) >= 11 is 0. The molecule has 0 heterocycles. The second-order valence-electron chi connectivity index (χ2n) is 14.8. The Hall–Kier alpha value is -2.37. The summed E-state index contributed by atoms with van der Waals surface area (Å²) in [5.41, 5.74) is 9.60. The fourth-order valence-corrected chi connectivity index (χ4v) is 10.8. The van der Waals surface area contributed by atoms with Gasteiger partial charge in [-0.1, -0.05) is 57.0 Å². The van der Waals surface area contributed by atoms with Crippen molar-refractivity contribution in [2.24, 2.45) is 31.7 Å². The molecule has 1 aromatic carbocycles. The van der Waals surface area contributed by atoms with Crippen LogP contribution < -0.4 is 0 Å². The highest BCUT2D eigenvalue weighted by molar-refractivity contribution is 6.09. The van der Waals surface area contributed by atoms with E-state index >= 15 is 0 Å². The van der Waals surface area contributed by atoms with E-state index in [1.807, 2.05) is 0 Å². The number of rotatable bonds is 0. The summed E-state index contributed by atoms with van der Waals surface area (Å²) in [5, 5.41) is 42.4. The lowest BCUT2D eigenvalue weighted by atomic mass is 9.61. The zero-order valence-corrected chi connectivity index (χ0v) is 23.0. The van der Waals surface area contributed by atoms with Crippen molar-refractivity contribution in [1.29, 1.82) is 0 Å². The summed E-state index contributed by atoms with van der Waals surface area (Å²) in [4.78, 5) is 0. The van der Waals surface area contributed by atoms with Crippen molar-refractivity contribution in [1.82, 2.24) is 0 Å². The van der Waals surface area contributed by atoms with Crippen molar-refractivity contribution >= 4 is 17.1 Å². The Kier molecular flexibility index (Phi) is 3.61. The van der Waals surface area contributed by atoms with E-state index in [-0.39, 0.29) is 50.2 Å². The van der Waals surface area contributed by atoms with Crippen LogP contribution in [0.3, 0.4) is 0 Å². The van der Waals surface area contributed by atoms with E-state index in [1.165, 1.54) is 33.4 Å². The van der Waals surface area contributed by atoms with Crippen molar-refractivity contribution in [3.63, 3.8) is 0 Å². The molecular weight excluding hydrogens is 450 g/mol. The van der Waals surface area contributed by atoms with Crippen molar-refractivity contribution in [2.45, 2.75) is 116 Å². The van der Waals surface area contributed by atoms with Gasteiger partial charge in [-0.05, 0) is 107 Å². The van der Waals surface area contributed by atoms with Crippen LogP contribution in [0.15, 0.2) is 15.5 Å². The van der Waals surface area contributed by atoms with Gasteiger partial charge in [-0.15, -0.1) is 0 Å². The molecule has 0 aromatic heterocycles. The minimum absolute atomic E-state index is 0.112. The fourth-order valence-electron chi connectivity index (χ4n) is 10.8. The van der Waals surface area contributed by atoms with Gasteiger partial charge in [-0.3, -0.25) is 0 Å². The standard InChI is InChI=1S/C30H39N3O3/c1-25(2)13-10-16(31-34)28(25,7)22-19(13)23-21(15-12-17(32-35)29(23,8)27(15,5)6)24-20(22)14-11-18(33-36)30(24,9)26(14,3)4/h13-15,34-36H,10-12H2,1-9H3/b31-16+,32-17+,33-18+/t13-,14-,15-,28+,29+,30+/m1/s1. The monoisotopic (exact) mass is 489 g/mol. The molecule has 0 unspecified atom stereocenters. The van der Waals surface area contributed by atoms with E-state index in [9.17, 15) is 15.6 Å². The maximum Gasteiger partial charge on any atom is 0.0685 e. The quantitative estimate of drug-likeness (QED) is 0.285. The molecule has 0 spiro atoms. The molecule has 6 atom stereocenters. The second-order valence-corrected chi connectivity index (χ2v) is 14.8. The van der Waals surface area contributed by atoms with Gasteiger partial charge in [-0.25, -0.2) is 0 Å². The smallest absolute Gasteiger partial charge is 0.0685 e. The van der Waals surface area contributed by atoms with Gasteiger partial charge in [0, 0.05) is 16.2 Å². The van der Waals surface area contributed by atoms with E-state index in [4.69, 9.17) is 0 Å². The van der Waals surface area contributed by atoms with Crippen LogP contribution in [0, 0.1) is 16.2 Å². The first-order valence-electron chi connectivity index (χ1n) is 13.5. The molecule has 6 nitrogen and oxygen atoms in total. The van der Waals surface area contributed by atoms with Crippen LogP contribution in [0.4, 0.5) is 0 Å². The highest BCUT2D eigenvalue weighted by Gasteiger charge is 2.75. The van der Waals surface area contributed by atoms with Crippen LogP contribution in [0.1, 0.15) is 133 Å². The SMILES string of the molecule is CC1(C)[C@@H]2C/C(=N\O)[C@@]1(C)c1c2c2c(c3c1[C@H]1C/C(=N\O)[C@]3(C)C1(C)C)[C@H]1C/C(=N\O)[C@]2(C)C1(C)C. The molecule has 192 valence electrons. The topological polar surface area (TPSA) is 97.8 Å². The third kappa shape index (κ3) is 1.69. The number of oxime groups is 3. The van der Waals surface area contributed by atoms with Gasteiger partial charge in [0.2, 0.25) is 0 Å². The molecule has 0 aliphatic heterocycles. The molecule has 0 amide bonds. The Morgan fingerprint density at radius 2 is 0.694 bits per heavy atom. The molecule has 6 heteroatoms. The largest absolute Gasteiger partial charge is 0.411 e. The molecule has 0 radical (unpaired) electrons. The lowest BCUT2D eigenvalue weighted by Crippen LogP contribution is -2.42. The molecule has 3 saturated carbocycles. The molecule has 6 bridgehead atoms. The summed E-state index contributed by atoms with van der Waals surface area (Å²) in [6.45, 7) is 21.0. The first-order valence-corrected chi connectivity index (χ1v) is 13.5. The molecule has 3 fully saturated rings. The Bertz CT molecular complexity index is 1210. The second kappa shape index (κ2) is 5.71. The molecule has 6 aliphatic rings. The van der Waals surface area contributed by atoms with E-state index in [0.29, 0.717) is 0 Å². The predicted molar refractivity (Wildman–Crippen MR) is 140 cm³/mol. The van der Waals surface area contributed by atoms with Gasteiger partial charge in [0.15, 0.2) is 0 Å². The van der Waals surface area contributed by atoms with E-state index in [2.05, 4.69) is 77.8 Å². The highest BCUT2D eigenvalue weighted by atomic mass is 16.4.